The molecule has 76 valence electrons. The topological polar surface area (TPSA) is 17.1 Å². The Morgan fingerprint density at radius 3 is 2.36 bits per heavy atom. The summed E-state index contributed by atoms with van der Waals surface area (Å²) in [6, 6.07) is 7.97. The second-order valence-corrected chi connectivity index (χ2v) is 4.79. The molecule has 0 aliphatic heterocycles. The van der Waals surface area contributed by atoms with Crippen molar-refractivity contribution in [3.8, 4) is 0 Å². The number of hydrogen-bond acceptors (Lipinski definition) is 1. The molecule has 0 bridgehead atoms. The van der Waals surface area contributed by atoms with Crippen LogP contribution in [0.2, 0.25) is 4.47 Å². The van der Waals surface area contributed by atoms with Gasteiger partial charge in [0.25, 0.3) is 0 Å². The summed E-state index contributed by atoms with van der Waals surface area (Å²) >= 11 is 1.87. The normalized spacial score (nSPS) is 12.5. The minimum atomic E-state index is 0.141. The van der Waals surface area contributed by atoms with Crippen LogP contribution >= 0.6 is 0 Å². The molecule has 0 N–H and O–H groups in total. The molecule has 0 aliphatic rings. The van der Waals surface area contributed by atoms with Crippen LogP contribution in [0.25, 0.3) is 0 Å². The summed E-state index contributed by atoms with van der Waals surface area (Å²) in [4.78, 5) is 11.0. The summed E-state index contributed by atoms with van der Waals surface area (Å²) in [5, 5.41) is 0. The average molecular weight is 304 g/mol. The maximum absolute atomic E-state index is 11.0. The Kier molecular flexibility index (Phi) is 4.65. The van der Waals surface area contributed by atoms with Crippen LogP contribution in [-0.2, 0) is 6.42 Å². The zero-order chi connectivity index (χ0) is 10.6. The molecule has 0 spiro atoms. The van der Waals surface area contributed by atoms with Gasteiger partial charge in [0, 0.05) is 0 Å². The predicted molar refractivity (Wildman–Crippen MR) is 61.3 cm³/mol. The number of hydrogen-bond donors (Lipinski definition) is 0. The van der Waals surface area contributed by atoms with Crippen molar-refractivity contribution in [3.63, 3.8) is 0 Å². The molecule has 0 radical (unpaired) electrons. The van der Waals surface area contributed by atoms with E-state index in [1.165, 1.54) is 10.0 Å². The molecule has 1 rings (SSSR count). The van der Waals surface area contributed by atoms with Crippen LogP contribution in [0.3, 0.4) is 0 Å². The van der Waals surface area contributed by atoms with E-state index in [-0.39, 0.29) is 5.78 Å². The first-order chi connectivity index (χ1) is 6.63. The van der Waals surface area contributed by atoms with E-state index in [9.17, 15) is 4.79 Å². The SMILES string of the molecule is CC(=O)c1ccc(CC(C)C[TeH])cc1. The summed E-state index contributed by atoms with van der Waals surface area (Å²) < 4.78 is 1.25. The Bertz CT molecular complexity index is 303. The van der Waals surface area contributed by atoms with Crippen molar-refractivity contribution < 1.29 is 4.79 Å². The van der Waals surface area contributed by atoms with Gasteiger partial charge in [-0.3, -0.25) is 0 Å². The summed E-state index contributed by atoms with van der Waals surface area (Å²) in [5.74, 6) is 0.884. The van der Waals surface area contributed by atoms with Crippen molar-refractivity contribution in [2.75, 3.05) is 0 Å². The molecule has 0 aromatic heterocycles. The molecule has 0 saturated carbocycles. The second kappa shape index (κ2) is 5.53. The van der Waals surface area contributed by atoms with Crippen molar-refractivity contribution in [2.24, 2.45) is 5.92 Å². The molecule has 1 unspecified atom stereocenters. The van der Waals surface area contributed by atoms with Crippen LogP contribution in [0.1, 0.15) is 29.8 Å². The van der Waals surface area contributed by atoms with Gasteiger partial charge in [0.2, 0.25) is 0 Å². The molecular formula is C12H16OTe. The van der Waals surface area contributed by atoms with Crippen LogP contribution in [-0.4, -0.2) is 28.1 Å². The fourth-order valence-electron chi connectivity index (χ4n) is 1.34. The van der Waals surface area contributed by atoms with E-state index in [0.29, 0.717) is 0 Å². The third-order valence-corrected chi connectivity index (χ3v) is 4.04. The van der Waals surface area contributed by atoms with E-state index < -0.39 is 0 Å². The van der Waals surface area contributed by atoms with Crippen molar-refractivity contribution in [3.05, 3.63) is 35.4 Å². The Morgan fingerprint density at radius 2 is 1.93 bits per heavy atom. The zero-order valence-electron chi connectivity index (χ0n) is 8.66. The van der Waals surface area contributed by atoms with E-state index in [2.05, 4.69) is 19.1 Å². The standard InChI is InChI=1S/C12H16OTe/c1-9(8-14)7-11-3-5-12(6-4-11)10(2)13/h3-6,9,14H,7-8H2,1-2H3. The van der Waals surface area contributed by atoms with Gasteiger partial charge >= 0.3 is 98.9 Å². The maximum atomic E-state index is 11.0. The van der Waals surface area contributed by atoms with Gasteiger partial charge in [0.05, 0.1) is 0 Å². The third-order valence-electron chi connectivity index (χ3n) is 2.26. The van der Waals surface area contributed by atoms with Gasteiger partial charge in [-0.1, -0.05) is 0 Å². The van der Waals surface area contributed by atoms with E-state index >= 15 is 0 Å². The molecule has 0 saturated heterocycles. The van der Waals surface area contributed by atoms with Gasteiger partial charge in [0.1, 0.15) is 0 Å². The molecule has 2 heteroatoms. The summed E-state index contributed by atoms with van der Waals surface area (Å²) in [6.07, 6.45) is 1.12. The Labute approximate surface area is 98.8 Å². The van der Waals surface area contributed by atoms with Crippen LogP contribution in [0.15, 0.2) is 24.3 Å². The second-order valence-electron chi connectivity index (χ2n) is 3.74. The quantitative estimate of drug-likeness (QED) is 0.616. The third kappa shape index (κ3) is 3.44. The van der Waals surface area contributed by atoms with Crippen LogP contribution in [0, 0.1) is 5.92 Å². The molecule has 0 heterocycles. The van der Waals surface area contributed by atoms with Crippen LogP contribution in [0.5, 0.6) is 0 Å². The molecule has 14 heavy (non-hydrogen) atoms. The fourth-order valence-corrected chi connectivity index (χ4v) is 1.71. The van der Waals surface area contributed by atoms with Gasteiger partial charge in [0.15, 0.2) is 0 Å². The van der Waals surface area contributed by atoms with Gasteiger partial charge < -0.3 is 0 Å². The van der Waals surface area contributed by atoms with E-state index in [1.54, 1.807) is 6.92 Å². The molecular weight excluding hydrogens is 288 g/mol. The average Bonchev–Trinajstić information content (AvgIpc) is 2.18. The first kappa shape index (κ1) is 11.8. The summed E-state index contributed by atoms with van der Waals surface area (Å²) in [7, 11) is 0. The minimum absolute atomic E-state index is 0.141. The van der Waals surface area contributed by atoms with Crippen LogP contribution in [0.4, 0.5) is 0 Å². The van der Waals surface area contributed by atoms with E-state index in [1.807, 2.05) is 34.4 Å². The molecule has 1 atom stereocenters. The first-order valence-electron chi connectivity index (χ1n) is 4.84. The van der Waals surface area contributed by atoms with E-state index in [4.69, 9.17) is 0 Å². The molecule has 0 fully saturated rings. The molecule has 0 amide bonds. The molecule has 0 aliphatic carbocycles. The number of rotatable bonds is 4. The molecule has 1 aromatic carbocycles. The number of carbonyl (C=O) groups excluding carboxylic acids is 1. The number of Topliss-reactive ketones (excluding diaryl/α,β-unsaturated/α-hetero) is 1. The van der Waals surface area contributed by atoms with Gasteiger partial charge in [-0.05, 0) is 0 Å². The predicted octanol–water partition coefficient (Wildman–Crippen LogP) is 2.39. The number of benzene rings is 1. The van der Waals surface area contributed by atoms with E-state index in [0.717, 1.165) is 17.9 Å². The van der Waals surface area contributed by atoms with Gasteiger partial charge in [-0.25, -0.2) is 0 Å². The number of ketones is 1. The summed E-state index contributed by atoms with van der Waals surface area (Å²) in [5.41, 5.74) is 2.14. The molecule has 1 nitrogen and oxygen atoms in total. The van der Waals surface area contributed by atoms with Crippen molar-refractivity contribution in [1.82, 2.24) is 0 Å². The Morgan fingerprint density at radius 1 is 1.36 bits per heavy atom. The monoisotopic (exact) mass is 306 g/mol. The Balaban J connectivity index is 2.68. The van der Waals surface area contributed by atoms with Gasteiger partial charge in [-0.15, -0.1) is 0 Å². The summed E-state index contributed by atoms with van der Waals surface area (Å²) in [6.45, 7) is 3.86. The first-order valence-corrected chi connectivity index (χ1v) is 6.64. The zero-order valence-corrected chi connectivity index (χ0v) is 11.2. The van der Waals surface area contributed by atoms with Crippen molar-refractivity contribution in [2.45, 2.75) is 24.7 Å². The van der Waals surface area contributed by atoms with Crippen molar-refractivity contribution in [1.29, 1.82) is 0 Å². The number of carbonyl (C=O) groups is 1. The van der Waals surface area contributed by atoms with Crippen molar-refractivity contribution >= 4 is 28.1 Å². The van der Waals surface area contributed by atoms with Crippen LogP contribution < -0.4 is 0 Å². The fraction of sp³-hybridized carbons (Fsp3) is 0.417. The van der Waals surface area contributed by atoms with Gasteiger partial charge in [-0.2, -0.15) is 0 Å². The Hall–Kier alpha value is -0.320. The molecule has 1 aromatic rings.